The summed E-state index contributed by atoms with van der Waals surface area (Å²) in [6.45, 7) is 0. The lowest BCUT2D eigenvalue weighted by Crippen LogP contribution is -2.19. The van der Waals surface area contributed by atoms with Gasteiger partial charge in [-0.15, -0.1) is 0 Å². The number of fused-ring (bicyclic) bond motifs is 1. The first-order valence-electron chi connectivity index (χ1n) is 8.58. The van der Waals surface area contributed by atoms with Crippen molar-refractivity contribution in [2.75, 3.05) is 10.6 Å². The minimum atomic E-state index is -0.565. The van der Waals surface area contributed by atoms with E-state index in [4.69, 9.17) is 16.3 Å². The Labute approximate surface area is 170 Å². The van der Waals surface area contributed by atoms with E-state index in [9.17, 15) is 9.18 Å². The minimum absolute atomic E-state index is 0.0335. The summed E-state index contributed by atoms with van der Waals surface area (Å²) in [4.78, 5) is 20.6. The van der Waals surface area contributed by atoms with E-state index in [2.05, 4.69) is 20.6 Å². The van der Waals surface area contributed by atoms with Crippen LogP contribution in [0.25, 0.3) is 11.0 Å². The smallest absolute Gasteiger partial charge is 0.323 e. The van der Waals surface area contributed by atoms with E-state index in [0.717, 1.165) is 0 Å². The highest BCUT2D eigenvalue weighted by Gasteiger charge is 2.10. The van der Waals surface area contributed by atoms with Crippen LogP contribution >= 0.6 is 11.6 Å². The summed E-state index contributed by atoms with van der Waals surface area (Å²) in [5.41, 5.74) is 2.22. The molecule has 0 spiro atoms. The van der Waals surface area contributed by atoms with Gasteiger partial charge in [-0.2, -0.15) is 0 Å². The summed E-state index contributed by atoms with van der Waals surface area (Å²) in [6.07, 6.45) is 3.15. The van der Waals surface area contributed by atoms with E-state index in [-0.39, 0.29) is 5.75 Å². The number of aromatic nitrogens is 2. The molecule has 1 aromatic heterocycles. The van der Waals surface area contributed by atoms with E-state index >= 15 is 0 Å². The highest BCUT2D eigenvalue weighted by Crippen LogP contribution is 2.29. The number of anilines is 2. The Balaban J connectivity index is 1.50. The van der Waals surface area contributed by atoms with E-state index in [1.165, 1.54) is 18.2 Å². The second-order valence-electron chi connectivity index (χ2n) is 6.04. The average Bonchev–Trinajstić information content (AvgIpc) is 2.70. The minimum Gasteiger partial charge on any atom is -0.454 e. The molecule has 0 aliphatic carbocycles. The van der Waals surface area contributed by atoms with E-state index in [1.54, 1.807) is 54.9 Å². The number of urea groups is 1. The molecule has 2 N–H and O–H groups in total. The summed E-state index contributed by atoms with van der Waals surface area (Å²) in [6, 6.07) is 15.3. The Kier molecular flexibility index (Phi) is 5.22. The van der Waals surface area contributed by atoms with Crippen LogP contribution in [0, 0.1) is 5.82 Å². The third-order valence-corrected chi connectivity index (χ3v) is 4.18. The molecule has 0 atom stereocenters. The maximum absolute atomic E-state index is 14.2. The molecule has 0 radical (unpaired) electrons. The number of halogens is 2. The van der Waals surface area contributed by atoms with Crippen LogP contribution in [0.15, 0.2) is 73.1 Å². The zero-order chi connectivity index (χ0) is 20.2. The van der Waals surface area contributed by atoms with Gasteiger partial charge in [0.2, 0.25) is 0 Å². The number of nitrogens with one attached hydrogen (secondary N) is 2. The first-order valence-corrected chi connectivity index (χ1v) is 8.96. The molecule has 4 aromatic rings. The van der Waals surface area contributed by atoms with Gasteiger partial charge in [-0.25, -0.2) is 9.18 Å². The molecule has 0 saturated heterocycles. The van der Waals surface area contributed by atoms with Crippen LogP contribution < -0.4 is 15.4 Å². The van der Waals surface area contributed by atoms with Gasteiger partial charge >= 0.3 is 6.03 Å². The van der Waals surface area contributed by atoms with Crippen LogP contribution in [0.1, 0.15) is 0 Å². The van der Waals surface area contributed by atoms with Crippen molar-refractivity contribution in [2.45, 2.75) is 0 Å². The average molecular weight is 409 g/mol. The zero-order valence-corrected chi connectivity index (χ0v) is 15.7. The fraction of sp³-hybridized carbons (Fsp3) is 0. The molecular weight excluding hydrogens is 395 g/mol. The van der Waals surface area contributed by atoms with Crippen molar-refractivity contribution in [3.63, 3.8) is 0 Å². The number of carbonyl (C=O) groups excluding carboxylic acids is 1. The third-order valence-electron chi connectivity index (χ3n) is 3.94. The van der Waals surface area contributed by atoms with E-state index < -0.39 is 11.8 Å². The lowest BCUT2D eigenvalue weighted by atomic mass is 10.2. The maximum atomic E-state index is 14.2. The number of ether oxygens (including phenoxy) is 1. The molecule has 0 bridgehead atoms. The zero-order valence-electron chi connectivity index (χ0n) is 14.9. The number of rotatable bonds is 4. The predicted molar refractivity (Wildman–Crippen MR) is 110 cm³/mol. The standard InChI is InChI=1S/C21H14ClFN4O2/c22-13-2-1-3-14(10-13)26-21(28)27-15-4-6-17(23)20(11-15)29-16-5-7-18-19(12-16)25-9-8-24-18/h1-12H,(H2,26,27,28). The van der Waals surface area contributed by atoms with Gasteiger partial charge in [-0.05, 0) is 42.5 Å². The van der Waals surface area contributed by atoms with Gasteiger partial charge in [0.05, 0.1) is 11.0 Å². The molecule has 8 heteroatoms. The monoisotopic (exact) mass is 408 g/mol. The van der Waals surface area contributed by atoms with Crippen molar-refractivity contribution in [3.05, 3.63) is 83.9 Å². The van der Waals surface area contributed by atoms with Crippen LogP contribution in [0.5, 0.6) is 11.5 Å². The maximum Gasteiger partial charge on any atom is 0.323 e. The molecule has 6 nitrogen and oxygen atoms in total. The fourth-order valence-electron chi connectivity index (χ4n) is 2.65. The molecule has 29 heavy (non-hydrogen) atoms. The van der Waals surface area contributed by atoms with Crippen LogP contribution in [0.2, 0.25) is 5.02 Å². The van der Waals surface area contributed by atoms with Gasteiger partial charge in [0.1, 0.15) is 5.75 Å². The van der Waals surface area contributed by atoms with Gasteiger partial charge in [0.25, 0.3) is 0 Å². The van der Waals surface area contributed by atoms with Crippen molar-refractivity contribution in [1.82, 2.24) is 9.97 Å². The molecule has 2 amide bonds. The second-order valence-corrected chi connectivity index (χ2v) is 6.48. The lowest BCUT2D eigenvalue weighted by Gasteiger charge is -2.11. The molecule has 144 valence electrons. The first kappa shape index (κ1) is 18.6. The van der Waals surface area contributed by atoms with Gasteiger partial charge in [-0.3, -0.25) is 9.97 Å². The molecule has 4 rings (SSSR count). The molecular formula is C21H14ClFN4O2. The molecule has 1 heterocycles. The molecule has 0 aliphatic heterocycles. The Bertz CT molecular complexity index is 1200. The van der Waals surface area contributed by atoms with E-state index in [0.29, 0.717) is 33.2 Å². The molecule has 0 saturated carbocycles. The number of hydrogen-bond donors (Lipinski definition) is 2. The van der Waals surface area contributed by atoms with Crippen molar-refractivity contribution >= 4 is 40.0 Å². The van der Waals surface area contributed by atoms with Crippen molar-refractivity contribution < 1.29 is 13.9 Å². The highest BCUT2D eigenvalue weighted by atomic mass is 35.5. The van der Waals surface area contributed by atoms with Crippen LogP contribution in [0.4, 0.5) is 20.6 Å². The number of nitrogens with zero attached hydrogens (tertiary/aromatic N) is 2. The van der Waals surface area contributed by atoms with Gasteiger partial charge in [0.15, 0.2) is 11.6 Å². The Hall–Kier alpha value is -3.71. The Morgan fingerprint density at radius 2 is 1.66 bits per heavy atom. The largest absolute Gasteiger partial charge is 0.454 e. The topological polar surface area (TPSA) is 76.1 Å². The van der Waals surface area contributed by atoms with Crippen molar-refractivity contribution in [3.8, 4) is 11.5 Å². The molecule has 0 fully saturated rings. The Morgan fingerprint density at radius 1 is 0.897 bits per heavy atom. The number of benzene rings is 3. The summed E-state index contributed by atoms with van der Waals surface area (Å²) in [5, 5.41) is 5.78. The van der Waals surface area contributed by atoms with Crippen molar-refractivity contribution in [2.24, 2.45) is 0 Å². The van der Waals surface area contributed by atoms with Crippen molar-refractivity contribution in [1.29, 1.82) is 0 Å². The summed E-state index contributed by atoms with van der Waals surface area (Å²) in [5.74, 6) is -0.198. The third kappa shape index (κ3) is 4.59. The SMILES string of the molecule is O=C(Nc1cccc(Cl)c1)Nc1ccc(F)c(Oc2ccc3nccnc3c2)c1. The highest BCUT2D eigenvalue weighted by molar-refractivity contribution is 6.30. The molecule has 3 aromatic carbocycles. The summed E-state index contributed by atoms with van der Waals surface area (Å²) in [7, 11) is 0. The fourth-order valence-corrected chi connectivity index (χ4v) is 2.84. The summed E-state index contributed by atoms with van der Waals surface area (Å²) < 4.78 is 19.8. The van der Waals surface area contributed by atoms with Gasteiger partial charge < -0.3 is 15.4 Å². The van der Waals surface area contributed by atoms with Gasteiger partial charge in [-0.1, -0.05) is 17.7 Å². The van der Waals surface area contributed by atoms with Crippen LogP contribution in [-0.4, -0.2) is 16.0 Å². The number of amides is 2. The number of carbonyl (C=O) groups is 1. The van der Waals surface area contributed by atoms with E-state index in [1.807, 2.05) is 0 Å². The normalized spacial score (nSPS) is 10.6. The number of hydrogen-bond acceptors (Lipinski definition) is 4. The summed E-state index contributed by atoms with van der Waals surface area (Å²) >= 11 is 5.90. The second kappa shape index (κ2) is 8.12. The van der Waals surface area contributed by atoms with Crippen LogP contribution in [0.3, 0.4) is 0 Å². The first-order chi connectivity index (χ1) is 14.1. The van der Waals surface area contributed by atoms with Crippen LogP contribution in [-0.2, 0) is 0 Å². The quantitative estimate of drug-likeness (QED) is 0.443. The molecule has 0 unspecified atom stereocenters. The predicted octanol–water partition coefficient (Wildman–Crippen LogP) is 5.86. The Morgan fingerprint density at radius 3 is 2.45 bits per heavy atom. The lowest BCUT2D eigenvalue weighted by molar-refractivity contribution is 0.262. The van der Waals surface area contributed by atoms with Gasteiger partial charge in [0, 0.05) is 40.9 Å². The molecule has 0 aliphatic rings.